The highest BCUT2D eigenvalue weighted by atomic mass is 35.5. The average Bonchev–Trinajstić information content (AvgIpc) is 2.28. The van der Waals surface area contributed by atoms with Crippen molar-refractivity contribution < 1.29 is 9.53 Å². The van der Waals surface area contributed by atoms with E-state index in [1.54, 1.807) is 25.3 Å². The molecule has 0 spiro atoms. The summed E-state index contributed by atoms with van der Waals surface area (Å²) in [6, 6.07) is 5.14. The van der Waals surface area contributed by atoms with E-state index in [2.05, 4.69) is 13.8 Å². The molecule has 0 radical (unpaired) electrons. The molecular formula is C14H19ClO2. The quantitative estimate of drug-likeness (QED) is 0.705. The van der Waals surface area contributed by atoms with E-state index < -0.39 is 0 Å². The van der Waals surface area contributed by atoms with Gasteiger partial charge in [-0.25, -0.2) is 0 Å². The summed E-state index contributed by atoms with van der Waals surface area (Å²) in [5.41, 5.74) is 0.587. The number of ketones is 1. The van der Waals surface area contributed by atoms with E-state index in [-0.39, 0.29) is 5.78 Å². The average molecular weight is 255 g/mol. The predicted molar refractivity (Wildman–Crippen MR) is 71.0 cm³/mol. The number of carbonyl (C=O) groups is 1. The van der Waals surface area contributed by atoms with E-state index in [9.17, 15) is 4.79 Å². The number of benzene rings is 1. The van der Waals surface area contributed by atoms with Gasteiger partial charge in [-0.15, -0.1) is 0 Å². The van der Waals surface area contributed by atoms with Crippen molar-refractivity contribution in [2.45, 2.75) is 33.1 Å². The first-order chi connectivity index (χ1) is 8.04. The summed E-state index contributed by atoms with van der Waals surface area (Å²) in [6.07, 6.45) is 2.52. The molecule has 0 aromatic heterocycles. The molecule has 0 fully saturated rings. The second-order valence-electron chi connectivity index (χ2n) is 4.55. The molecule has 0 aliphatic rings. The van der Waals surface area contributed by atoms with Crippen LogP contribution in [0.4, 0.5) is 0 Å². The number of halogens is 1. The third-order valence-corrected chi connectivity index (χ3v) is 2.88. The summed E-state index contributed by atoms with van der Waals surface area (Å²) in [4.78, 5) is 12.0. The van der Waals surface area contributed by atoms with E-state index in [0.29, 0.717) is 28.7 Å². The van der Waals surface area contributed by atoms with Gasteiger partial charge in [0.25, 0.3) is 0 Å². The van der Waals surface area contributed by atoms with Crippen LogP contribution in [-0.2, 0) is 0 Å². The van der Waals surface area contributed by atoms with Gasteiger partial charge in [-0.3, -0.25) is 4.79 Å². The number of hydrogen-bond acceptors (Lipinski definition) is 2. The third-order valence-electron chi connectivity index (χ3n) is 2.65. The summed E-state index contributed by atoms with van der Waals surface area (Å²) >= 11 is 5.89. The minimum absolute atomic E-state index is 0.102. The highest BCUT2D eigenvalue weighted by molar-refractivity contribution is 6.31. The van der Waals surface area contributed by atoms with Crippen molar-refractivity contribution in [3.8, 4) is 5.75 Å². The largest absolute Gasteiger partial charge is 0.496 e. The fourth-order valence-electron chi connectivity index (χ4n) is 1.70. The van der Waals surface area contributed by atoms with Crippen molar-refractivity contribution in [2.24, 2.45) is 5.92 Å². The number of ether oxygens (including phenoxy) is 1. The van der Waals surface area contributed by atoms with Gasteiger partial charge in [0.15, 0.2) is 5.78 Å². The first kappa shape index (κ1) is 14.0. The number of carbonyl (C=O) groups excluding carboxylic acids is 1. The SMILES string of the molecule is COc1ccc(Cl)cc1C(=O)CCCC(C)C. The van der Waals surface area contributed by atoms with Gasteiger partial charge in [0.1, 0.15) is 5.75 Å². The normalized spacial score (nSPS) is 10.6. The van der Waals surface area contributed by atoms with Gasteiger partial charge < -0.3 is 4.74 Å². The molecule has 1 aromatic rings. The molecule has 3 heteroatoms. The molecule has 1 aromatic carbocycles. The first-order valence-electron chi connectivity index (χ1n) is 5.91. The molecule has 0 aliphatic heterocycles. The van der Waals surface area contributed by atoms with Crippen molar-refractivity contribution >= 4 is 17.4 Å². The Kier molecular flexibility index (Phi) is 5.49. The molecule has 0 saturated heterocycles. The second kappa shape index (κ2) is 6.65. The molecule has 0 amide bonds. The summed E-state index contributed by atoms with van der Waals surface area (Å²) in [5, 5.41) is 0.568. The highest BCUT2D eigenvalue weighted by Gasteiger charge is 2.12. The molecular weight excluding hydrogens is 236 g/mol. The van der Waals surface area contributed by atoms with Crippen molar-refractivity contribution in [3.63, 3.8) is 0 Å². The van der Waals surface area contributed by atoms with Gasteiger partial charge in [-0.1, -0.05) is 31.9 Å². The van der Waals surface area contributed by atoms with Gasteiger partial charge in [0.05, 0.1) is 12.7 Å². The summed E-state index contributed by atoms with van der Waals surface area (Å²) < 4.78 is 5.17. The molecule has 0 unspecified atom stereocenters. The zero-order valence-electron chi connectivity index (χ0n) is 10.6. The molecule has 0 bridgehead atoms. The molecule has 2 nitrogen and oxygen atoms in total. The number of hydrogen-bond donors (Lipinski definition) is 0. The Balaban J connectivity index is 2.70. The van der Waals surface area contributed by atoms with Crippen LogP contribution in [0, 0.1) is 5.92 Å². The second-order valence-corrected chi connectivity index (χ2v) is 4.99. The monoisotopic (exact) mass is 254 g/mol. The molecule has 1 rings (SSSR count). The highest BCUT2D eigenvalue weighted by Crippen LogP contribution is 2.24. The first-order valence-corrected chi connectivity index (χ1v) is 6.29. The lowest BCUT2D eigenvalue weighted by atomic mass is 10.0. The van der Waals surface area contributed by atoms with E-state index in [1.807, 2.05) is 0 Å². The maximum absolute atomic E-state index is 12.0. The molecule has 17 heavy (non-hydrogen) atoms. The Morgan fingerprint density at radius 2 is 2.12 bits per heavy atom. The van der Waals surface area contributed by atoms with Gasteiger partial charge in [0, 0.05) is 11.4 Å². The van der Waals surface area contributed by atoms with Gasteiger partial charge in [-0.2, -0.15) is 0 Å². The van der Waals surface area contributed by atoms with Crippen LogP contribution < -0.4 is 4.74 Å². The Bertz CT molecular complexity index is 386. The van der Waals surface area contributed by atoms with Crippen LogP contribution >= 0.6 is 11.6 Å². The molecule has 0 saturated carbocycles. The lowest BCUT2D eigenvalue weighted by molar-refractivity contribution is 0.0975. The van der Waals surface area contributed by atoms with Crippen LogP contribution in [0.25, 0.3) is 0 Å². The third kappa shape index (κ3) is 4.39. The molecule has 0 heterocycles. The van der Waals surface area contributed by atoms with Crippen LogP contribution in [0.5, 0.6) is 5.75 Å². The number of Topliss-reactive ketones (excluding diaryl/α,β-unsaturated/α-hetero) is 1. The lowest BCUT2D eigenvalue weighted by Gasteiger charge is -2.08. The van der Waals surface area contributed by atoms with Crippen molar-refractivity contribution in [1.29, 1.82) is 0 Å². The summed E-state index contributed by atoms with van der Waals surface area (Å²) in [6.45, 7) is 4.31. The summed E-state index contributed by atoms with van der Waals surface area (Å²) in [5.74, 6) is 1.33. The molecule has 0 atom stereocenters. The van der Waals surface area contributed by atoms with Crippen LogP contribution in [0.1, 0.15) is 43.5 Å². The molecule has 0 N–H and O–H groups in total. The maximum atomic E-state index is 12.0. The summed E-state index contributed by atoms with van der Waals surface area (Å²) in [7, 11) is 1.56. The van der Waals surface area contributed by atoms with Crippen LogP contribution in [0.15, 0.2) is 18.2 Å². The zero-order valence-corrected chi connectivity index (χ0v) is 11.4. The molecule has 94 valence electrons. The Morgan fingerprint density at radius 1 is 1.41 bits per heavy atom. The minimum atomic E-state index is 0.102. The van der Waals surface area contributed by atoms with E-state index in [0.717, 1.165) is 12.8 Å². The standard InChI is InChI=1S/C14H19ClO2/c1-10(2)5-4-6-13(16)12-9-11(15)7-8-14(12)17-3/h7-10H,4-6H2,1-3H3. The minimum Gasteiger partial charge on any atom is -0.496 e. The Hall–Kier alpha value is -1.02. The van der Waals surface area contributed by atoms with E-state index in [4.69, 9.17) is 16.3 Å². The van der Waals surface area contributed by atoms with Crippen LogP contribution in [0.3, 0.4) is 0 Å². The van der Waals surface area contributed by atoms with Crippen molar-refractivity contribution in [2.75, 3.05) is 7.11 Å². The van der Waals surface area contributed by atoms with E-state index in [1.165, 1.54) is 0 Å². The van der Waals surface area contributed by atoms with Gasteiger partial charge >= 0.3 is 0 Å². The van der Waals surface area contributed by atoms with Gasteiger partial charge in [-0.05, 0) is 30.5 Å². The predicted octanol–water partition coefficient (Wildman–Crippen LogP) is 4.36. The van der Waals surface area contributed by atoms with Gasteiger partial charge in [0.2, 0.25) is 0 Å². The fraction of sp³-hybridized carbons (Fsp3) is 0.500. The van der Waals surface area contributed by atoms with E-state index >= 15 is 0 Å². The van der Waals surface area contributed by atoms with Crippen LogP contribution in [-0.4, -0.2) is 12.9 Å². The number of rotatable bonds is 6. The number of methoxy groups -OCH3 is 1. The topological polar surface area (TPSA) is 26.3 Å². The van der Waals surface area contributed by atoms with Crippen LogP contribution in [0.2, 0.25) is 5.02 Å². The Morgan fingerprint density at radius 3 is 2.71 bits per heavy atom. The smallest absolute Gasteiger partial charge is 0.166 e. The molecule has 0 aliphatic carbocycles. The maximum Gasteiger partial charge on any atom is 0.166 e. The zero-order chi connectivity index (χ0) is 12.8. The van der Waals surface area contributed by atoms with Crippen molar-refractivity contribution in [1.82, 2.24) is 0 Å². The Labute approximate surface area is 108 Å². The lowest BCUT2D eigenvalue weighted by Crippen LogP contribution is -2.03. The fourth-order valence-corrected chi connectivity index (χ4v) is 1.88. The van der Waals surface area contributed by atoms with Crippen molar-refractivity contribution in [3.05, 3.63) is 28.8 Å².